The van der Waals surface area contributed by atoms with Crippen molar-refractivity contribution < 1.29 is 0 Å². The highest BCUT2D eigenvalue weighted by Crippen LogP contribution is 2.58. The molecule has 0 aromatic carbocycles. The Balaban J connectivity index is 1.51. The summed E-state index contributed by atoms with van der Waals surface area (Å²) in [5.74, 6) is 1.06. The van der Waals surface area contributed by atoms with Crippen LogP contribution in [-0.2, 0) is 0 Å². The Morgan fingerprint density at radius 1 is 1.14 bits per heavy atom. The van der Waals surface area contributed by atoms with Gasteiger partial charge in [0.15, 0.2) is 0 Å². The predicted octanol–water partition coefficient (Wildman–Crippen LogP) is 1.47. The van der Waals surface area contributed by atoms with Crippen molar-refractivity contribution in [2.75, 3.05) is 32.7 Å². The molecule has 0 bridgehead atoms. The third-order valence-corrected chi connectivity index (χ3v) is 4.64. The zero-order chi connectivity index (χ0) is 9.43. The van der Waals surface area contributed by atoms with Crippen LogP contribution in [0.4, 0.5) is 0 Å². The Hall–Kier alpha value is -0.0800. The van der Waals surface area contributed by atoms with Crippen molar-refractivity contribution in [3.63, 3.8) is 0 Å². The Kier molecular flexibility index (Phi) is 2.29. The van der Waals surface area contributed by atoms with Crippen LogP contribution >= 0.6 is 0 Å². The maximum atomic E-state index is 3.48. The zero-order valence-electron chi connectivity index (χ0n) is 9.10. The SMILES string of the molecule is C1CCN(C[C@@H]2CC23CCNCC3)C1. The van der Waals surface area contributed by atoms with E-state index in [1.165, 1.54) is 64.8 Å². The summed E-state index contributed by atoms with van der Waals surface area (Å²) in [6.07, 6.45) is 7.32. The van der Waals surface area contributed by atoms with Gasteiger partial charge < -0.3 is 10.2 Å². The second-order valence-corrected chi connectivity index (χ2v) is 5.52. The third kappa shape index (κ3) is 1.59. The molecule has 2 heteroatoms. The topological polar surface area (TPSA) is 15.3 Å². The van der Waals surface area contributed by atoms with Crippen LogP contribution in [0.3, 0.4) is 0 Å². The molecule has 1 atom stereocenters. The smallest absolute Gasteiger partial charge is 0.00152 e. The highest BCUT2D eigenvalue weighted by molar-refractivity contribution is 5.05. The lowest BCUT2D eigenvalue weighted by Gasteiger charge is -2.25. The fourth-order valence-electron chi connectivity index (χ4n) is 3.50. The molecule has 0 aromatic heterocycles. The minimum absolute atomic E-state index is 0.799. The second kappa shape index (κ2) is 3.49. The van der Waals surface area contributed by atoms with Gasteiger partial charge in [-0.15, -0.1) is 0 Å². The highest BCUT2D eigenvalue weighted by Gasteiger charge is 2.53. The Morgan fingerprint density at radius 3 is 2.57 bits per heavy atom. The first-order chi connectivity index (χ1) is 6.89. The van der Waals surface area contributed by atoms with Crippen LogP contribution in [0.5, 0.6) is 0 Å². The first-order valence-electron chi connectivity index (χ1n) is 6.32. The molecule has 2 aliphatic heterocycles. The number of rotatable bonds is 2. The van der Waals surface area contributed by atoms with E-state index in [0.29, 0.717) is 0 Å². The van der Waals surface area contributed by atoms with E-state index in [0.717, 1.165) is 11.3 Å². The summed E-state index contributed by atoms with van der Waals surface area (Å²) in [5.41, 5.74) is 0.799. The molecular formula is C12H22N2. The van der Waals surface area contributed by atoms with Gasteiger partial charge in [0.05, 0.1) is 0 Å². The molecule has 3 aliphatic rings. The number of hydrogen-bond donors (Lipinski definition) is 1. The normalized spacial score (nSPS) is 36.4. The lowest BCUT2D eigenvalue weighted by molar-refractivity contribution is 0.262. The number of likely N-dealkylation sites (tertiary alicyclic amines) is 1. The summed E-state index contributed by atoms with van der Waals surface area (Å²) >= 11 is 0. The summed E-state index contributed by atoms with van der Waals surface area (Å²) in [6, 6.07) is 0. The standard InChI is InChI=1S/C12H22N2/c1-2-8-14(7-1)10-11-9-12(11)3-5-13-6-4-12/h11,13H,1-10H2/t11-/m0/s1. The molecule has 1 aliphatic carbocycles. The molecular weight excluding hydrogens is 172 g/mol. The number of nitrogens with zero attached hydrogens (tertiary/aromatic N) is 1. The maximum Gasteiger partial charge on any atom is 0.00152 e. The second-order valence-electron chi connectivity index (χ2n) is 5.52. The van der Waals surface area contributed by atoms with E-state index in [1.807, 2.05) is 0 Å². The van der Waals surface area contributed by atoms with E-state index < -0.39 is 0 Å². The molecule has 3 fully saturated rings. The molecule has 2 saturated heterocycles. The summed E-state index contributed by atoms with van der Waals surface area (Å²) < 4.78 is 0. The van der Waals surface area contributed by atoms with Crippen LogP contribution in [0.2, 0.25) is 0 Å². The number of hydrogen-bond acceptors (Lipinski definition) is 2. The van der Waals surface area contributed by atoms with E-state index in [-0.39, 0.29) is 0 Å². The van der Waals surface area contributed by atoms with Crippen LogP contribution in [-0.4, -0.2) is 37.6 Å². The summed E-state index contributed by atoms with van der Waals surface area (Å²) in [4.78, 5) is 2.70. The maximum absolute atomic E-state index is 3.48. The minimum atomic E-state index is 0.799. The van der Waals surface area contributed by atoms with Crippen LogP contribution in [0.25, 0.3) is 0 Å². The molecule has 2 heterocycles. The Labute approximate surface area is 87.0 Å². The predicted molar refractivity (Wildman–Crippen MR) is 58.3 cm³/mol. The summed E-state index contributed by atoms with van der Waals surface area (Å²) in [7, 11) is 0. The van der Waals surface area contributed by atoms with Crippen LogP contribution in [0.1, 0.15) is 32.1 Å². The lowest BCUT2D eigenvalue weighted by Crippen LogP contribution is -2.32. The lowest BCUT2D eigenvalue weighted by atomic mass is 9.92. The molecule has 1 N–H and O–H groups in total. The molecule has 2 nitrogen and oxygen atoms in total. The quantitative estimate of drug-likeness (QED) is 0.716. The highest BCUT2D eigenvalue weighted by atomic mass is 15.1. The largest absolute Gasteiger partial charge is 0.317 e. The van der Waals surface area contributed by atoms with Gasteiger partial charge in [-0.1, -0.05) is 0 Å². The monoisotopic (exact) mass is 194 g/mol. The first kappa shape index (κ1) is 9.17. The molecule has 0 amide bonds. The van der Waals surface area contributed by atoms with Gasteiger partial charge in [-0.3, -0.25) is 0 Å². The van der Waals surface area contributed by atoms with E-state index in [9.17, 15) is 0 Å². The van der Waals surface area contributed by atoms with Gasteiger partial charge in [-0.25, -0.2) is 0 Å². The van der Waals surface area contributed by atoms with Crippen molar-refractivity contribution in [3.05, 3.63) is 0 Å². The fourth-order valence-corrected chi connectivity index (χ4v) is 3.50. The van der Waals surface area contributed by atoms with Crippen LogP contribution in [0.15, 0.2) is 0 Å². The van der Waals surface area contributed by atoms with Crippen molar-refractivity contribution >= 4 is 0 Å². The van der Waals surface area contributed by atoms with Gasteiger partial charge in [0.1, 0.15) is 0 Å². The summed E-state index contributed by atoms with van der Waals surface area (Å²) in [6.45, 7) is 6.72. The molecule has 3 rings (SSSR count). The zero-order valence-corrected chi connectivity index (χ0v) is 9.10. The Bertz CT molecular complexity index is 202. The number of piperidine rings is 1. The van der Waals surface area contributed by atoms with E-state index in [1.54, 1.807) is 0 Å². The molecule has 0 radical (unpaired) electrons. The van der Waals surface area contributed by atoms with Crippen molar-refractivity contribution in [2.24, 2.45) is 11.3 Å². The van der Waals surface area contributed by atoms with Crippen LogP contribution < -0.4 is 5.32 Å². The van der Waals surface area contributed by atoms with Crippen molar-refractivity contribution in [1.29, 1.82) is 0 Å². The third-order valence-electron chi connectivity index (χ3n) is 4.64. The van der Waals surface area contributed by atoms with Gasteiger partial charge in [0.2, 0.25) is 0 Å². The average Bonchev–Trinajstić information content (AvgIpc) is 2.67. The van der Waals surface area contributed by atoms with Crippen molar-refractivity contribution in [3.8, 4) is 0 Å². The van der Waals surface area contributed by atoms with Gasteiger partial charge >= 0.3 is 0 Å². The fraction of sp³-hybridized carbons (Fsp3) is 1.00. The number of nitrogens with one attached hydrogen (secondary N) is 1. The van der Waals surface area contributed by atoms with E-state index in [4.69, 9.17) is 0 Å². The van der Waals surface area contributed by atoms with Gasteiger partial charge in [0.25, 0.3) is 0 Å². The summed E-state index contributed by atoms with van der Waals surface area (Å²) in [5, 5.41) is 3.48. The van der Waals surface area contributed by atoms with Gasteiger partial charge in [0, 0.05) is 6.54 Å². The van der Waals surface area contributed by atoms with Crippen molar-refractivity contribution in [2.45, 2.75) is 32.1 Å². The molecule has 14 heavy (non-hydrogen) atoms. The first-order valence-corrected chi connectivity index (χ1v) is 6.32. The van der Waals surface area contributed by atoms with E-state index in [2.05, 4.69) is 10.2 Å². The van der Waals surface area contributed by atoms with Crippen LogP contribution in [0, 0.1) is 11.3 Å². The van der Waals surface area contributed by atoms with Crippen molar-refractivity contribution in [1.82, 2.24) is 10.2 Å². The average molecular weight is 194 g/mol. The molecule has 0 aromatic rings. The molecule has 1 spiro atoms. The molecule has 1 saturated carbocycles. The van der Waals surface area contributed by atoms with Gasteiger partial charge in [-0.2, -0.15) is 0 Å². The molecule has 80 valence electrons. The minimum Gasteiger partial charge on any atom is -0.317 e. The Morgan fingerprint density at radius 2 is 1.86 bits per heavy atom. The molecule has 0 unspecified atom stereocenters. The van der Waals surface area contributed by atoms with Gasteiger partial charge in [-0.05, 0) is 69.6 Å². The van der Waals surface area contributed by atoms with E-state index >= 15 is 0 Å².